The van der Waals surface area contributed by atoms with E-state index >= 15 is 0 Å². The highest BCUT2D eigenvalue weighted by molar-refractivity contribution is 7.89. The van der Waals surface area contributed by atoms with Gasteiger partial charge in [-0.2, -0.15) is 0 Å². The zero-order chi connectivity index (χ0) is 19.3. The molecular formula is C20H31N3O3S. The van der Waals surface area contributed by atoms with Crippen LogP contribution in [0.15, 0.2) is 29.2 Å². The molecule has 1 aliphatic carbocycles. The van der Waals surface area contributed by atoms with Crippen LogP contribution in [0.5, 0.6) is 0 Å². The van der Waals surface area contributed by atoms with Crippen LogP contribution in [0.1, 0.15) is 55.3 Å². The Balaban J connectivity index is 1.64. The maximum absolute atomic E-state index is 12.8. The van der Waals surface area contributed by atoms with E-state index in [1.165, 1.54) is 6.07 Å². The van der Waals surface area contributed by atoms with Crippen molar-refractivity contribution < 1.29 is 13.2 Å². The molecule has 0 bridgehead atoms. The van der Waals surface area contributed by atoms with Crippen molar-refractivity contribution in [3.05, 3.63) is 29.8 Å². The molecule has 1 aliphatic heterocycles. The van der Waals surface area contributed by atoms with Crippen molar-refractivity contribution in [1.29, 1.82) is 0 Å². The van der Waals surface area contributed by atoms with E-state index in [1.54, 1.807) is 18.2 Å². The predicted octanol–water partition coefficient (Wildman–Crippen LogP) is 2.37. The van der Waals surface area contributed by atoms with Gasteiger partial charge in [-0.15, -0.1) is 0 Å². The molecule has 0 unspecified atom stereocenters. The van der Waals surface area contributed by atoms with Gasteiger partial charge in [0, 0.05) is 24.7 Å². The number of hydrogen-bond donors (Lipinski definition) is 2. The lowest BCUT2D eigenvalue weighted by Gasteiger charge is -2.32. The Labute approximate surface area is 162 Å². The van der Waals surface area contributed by atoms with Crippen molar-refractivity contribution in [3.63, 3.8) is 0 Å². The Morgan fingerprint density at radius 2 is 1.85 bits per heavy atom. The molecule has 1 aromatic rings. The molecule has 150 valence electrons. The molecule has 0 radical (unpaired) electrons. The van der Waals surface area contributed by atoms with Crippen LogP contribution >= 0.6 is 0 Å². The molecule has 1 saturated heterocycles. The smallest absolute Gasteiger partial charge is 0.253 e. The van der Waals surface area contributed by atoms with E-state index in [4.69, 9.17) is 0 Å². The van der Waals surface area contributed by atoms with Gasteiger partial charge in [-0.05, 0) is 69.8 Å². The molecule has 1 aromatic carbocycles. The molecule has 27 heavy (non-hydrogen) atoms. The summed E-state index contributed by atoms with van der Waals surface area (Å²) in [7, 11) is -1.62. The van der Waals surface area contributed by atoms with Crippen molar-refractivity contribution in [2.75, 3.05) is 26.7 Å². The largest absolute Gasteiger partial charge is 0.339 e. The van der Waals surface area contributed by atoms with Crippen LogP contribution in [0.25, 0.3) is 0 Å². The van der Waals surface area contributed by atoms with Crippen LogP contribution in [0.2, 0.25) is 0 Å². The number of piperidine rings is 1. The molecule has 2 N–H and O–H groups in total. The summed E-state index contributed by atoms with van der Waals surface area (Å²) in [5.41, 5.74) is 0.456. The molecule has 1 saturated carbocycles. The van der Waals surface area contributed by atoms with Gasteiger partial charge in [0.25, 0.3) is 5.91 Å². The Bertz CT molecular complexity index is 737. The van der Waals surface area contributed by atoms with Crippen molar-refractivity contribution in [3.8, 4) is 0 Å². The summed E-state index contributed by atoms with van der Waals surface area (Å²) in [6.07, 6.45) is 7.06. The first-order chi connectivity index (χ1) is 13.0. The van der Waals surface area contributed by atoms with Crippen LogP contribution in [0.3, 0.4) is 0 Å². The SMILES string of the molecule is CNCCC1CCN(C(=O)c2cccc(S(=O)(=O)NC3CCCC3)c2)CC1. The molecule has 1 heterocycles. The van der Waals surface area contributed by atoms with Crippen molar-refractivity contribution >= 4 is 15.9 Å². The summed E-state index contributed by atoms with van der Waals surface area (Å²) < 4.78 is 28.1. The summed E-state index contributed by atoms with van der Waals surface area (Å²) in [4.78, 5) is 14.9. The van der Waals surface area contributed by atoms with Gasteiger partial charge >= 0.3 is 0 Å². The van der Waals surface area contributed by atoms with Crippen molar-refractivity contribution in [2.45, 2.75) is 55.9 Å². The fourth-order valence-electron chi connectivity index (χ4n) is 4.08. The quantitative estimate of drug-likeness (QED) is 0.745. The van der Waals surface area contributed by atoms with Crippen LogP contribution in [0, 0.1) is 5.92 Å². The average Bonchev–Trinajstić information content (AvgIpc) is 3.18. The minimum atomic E-state index is -3.58. The molecule has 7 heteroatoms. The number of carbonyl (C=O) groups excluding carboxylic acids is 1. The molecular weight excluding hydrogens is 362 g/mol. The topological polar surface area (TPSA) is 78.5 Å². The van der Waals surface area contributed by atoms with Crippen LogP contribution in [-0.2, 0) is 10.0 Å². The zero-order valence-electron chi connectivity index (χ0n) is 16.1. The van der Waals surface area contributed by atoms with Crippen molar-refractivity contribution in [1.82, 2.24) is 14.9 Å². The molecule has 0 aromatic heterocycles. The van der Waals surface area contributed by atoms with Gasteiger partial charge in [0.05, 0.1) is 4.90 Å². The fraction of sp³-hybridized carbons (Fsp3) is 0.650. The van der Waals surface area contributed by atoms with Gasteiger partial charge in [-0.3, -0.25) is 4.79 Å². The van der Waals surface area contributed by atoms with Gasteiger partial charge in [0.15, 0.2) is 0 Å². The monoisotopic (exact) mass is 393 g/mol. The standard InChI is InChI=1S/C20H31N3O3S/c1-21-12-9-16-10-13-23(14-11-16)20(24)17-5-4-8-19(15-17)27(25,26)22-18-6-2-3-7-18/h4-5,8,15-16,18,21-22H,2-3,6-7,9-14H2,1H3. The Morgan fingerprint density at radius 1 is 1.15 bits per heavy atom. The van der Waals surface area contributed by atoms with E-state index in [2.05, 4.69) is 10.0 Å². The lowest BCUT2D eigenvalue weighted by atomic mass is 9.93. The molecule has 6 nitrogen and oxygen atoms in total. The zero-order valence-corrected chi connectivity index (χ0v) is 16.9. The third kappa shape index (κ3) is 5.30. The van der Waals surface area contributed by atoms with Crippen molar-refractivity contribution in [2.24, 2.45) is 5.92 Å². The summed E-state index contributed by atoms with van der Waals surface area (Å²) in [5.74, 6) is 0.587. The van der Waals surface area contributed by atoms with E-state index in [-0.39, 0.29) is 16.8 Å². The number of amides is 1. The van der Waals surface area contributed by atoms with Crippen LogP contribution in [0.4, 0.5) is 0 Å². The number of likely N-dealkylation sites (tertiary alicyclic amines) is 1. The van der Waals surface area contributed by atoms with Gasteiger partial charge in [0.1, 0.15) is 0 Å². The minimum absolute atomic E-state index is 0.0194. The Hall–Kier alpha value is -1.44. The normalized spacial score (nSPS) is 19.5. The van der Waals surface area contributed by atoms with E-state index in [0.29, 0.717) is 11.5 Å². The highest BCUT2D eigenvalue weighted by Crippen LogP contribution is 2.23. The van der Waals surface area contributed by atoms with Gasteiger partial charge in [-0.1, -0.05) is 18.9 Å². The second-order valence-corrected chi connectivity index (χ2v) is 9.47. The third-order valence-electron chi connectivity index (χ3n) is 5.77. The summed E-state index contributed by atoms with van der Waals surface area (Å²) in [5, 5.41) is 3.18. The van der Waals surface area contributed by atoms with E-state index in [0.717, 1.165) is 64.6 Å². The number of sulfonamides is 1. The molecule has 2 aliphatic rings. The number of carbonyl (C=O) groups is 1. The molecule has 2 fully saturated rings. The minimum Gasteiger partial charge on any atom is -0.339 e. The van der Waals surface area contributed by atoms with Crippen LogP contribution < -0.4 is 10.0 Å². The average molecular weight is 394 g/mol. The van der Waals surface area contributed by atoms with E-state index in [1.807, 2.05) is 11.9 Å². The highest BCUT2D eigenvalue weighted by Gasteiger charge is 2.26. The summed E-state index contributed by atoms with van der Waals surface area (Å²) in [6, 6.07) is 6.48. The molecule has 1 amide bonds. The van der Waals surface area contributed by atoms with Crippen LogP contribution in [-0.4, -0.2) is 51.9 Å². The third-order valence-corrected chi connectivity index (χ3v) is 7.29. The fourth-order valence-corrected chi connectivity index (χ4v) is 5.43. The number of rotatable bonds is 7. The lowest BCUT2D eigenvalue weighted by molar-refractivity contribution is 0.0687. The summed E-state index contributed by atoms with van der Waals surface area (Å²) >= 11 is 0. The second kappa shape index (κ2) is 9.17. The van der Waals surface area contributed by atoms with Gasteiger partial charge in [-0.25, -0.2) is 13.1 Å². The maximum Gasteiger partial charge on any atom is 0.253 e. The van der Waals surface area contributed by atoms with E-state index in [9.17, 15) is 13.2 Å². The highest BCUT2D eigenvalue weighted by atomic mass is 32.2. The molecule has 0 atom stereocenters. The van der Waals surface area contributed by atoms with Gasteiger partial charge in [0.2, 0.25) is 10.0 Å². The number of nitrogens with one attached hydrogen (secondary N) is 2. The Morgan fingerprint density at radius 3 is 2.52 bits per heavy atom. The first kappa shape index (κ1) is 20.3. The molecule has 3 rings (SSSR count). The van der Waals surface area contributed by atoms with Gasteiger partial charge < -0.3 is 10.2 Å². The number of nitrogens with zero attached hydrogens (tertiary/aromatic N) is 1. The number of hydrogen-bond acceptors (Lipinski definition) is 4. The second-order valence-electron chi connectivity index (χ2n) is 7.76. The first-order valence-electron chi connectivity index (χ1n) is 10.1. The Kier molecular flexibility index (Phi) is 6.89. The molecule has 0 spiro atoms. The summed E-state index contributed by atoms with van der Waals surface area (Å²) in [6.45, 7) is 2.49. The number of benzene rings is 1. The maximum atomic E-state index is 12.8. The lowest BCUT2D eigenvalue weighted by Crippen LogP contribution is -2.39. The first-order valence-corrected chi connectivity index (χ1v) is 11.5. The predicted molar refractivity (Wildman–Crippen MR) is 106 cm³/mol. The van der Waals surface area contributed by atoms with E-state index < -0.39 is 10.0 Å².